The number of hydrogen-bond acceptors (Lipinski definition) is 3. The number of aryl methyl sites for hydroxylation is 1. The normalized spacial score (nSPS) is 10.3. The van der Waals surface area contributed by atoms with Gasteiger partial charge < -0.3 is 9.30 Å². The number of nitrogens with one attached hydrogen (secondary N) is 1. The SMILES string of the molecule is CCn1cc(COC)c(=O)[nH]c1=O. The third-order valence-corrected chi connectivity index (χ3v) is 1.73. The molecule has 13 heavy (non-hydrogen) atoms. The molecule has 72 valence electrons. The highest BCUT2D eigenvalue weighted by Crippen LogP contribution is 1.89. The summed E-state index contributed by atoms with van der Waals surface area (Å²) in [5.74, 6) is 0. The average Bonchev–Trinajstić information content (AvgIpc) is 2.10. The largest absolute Gasteiger partial charge is 0.380 e. The van der Waals surface area contributed by atoms with E-state index in [0.717, 1.165) is 0 Å². The molecule has 0 spiro atoms. The molecular formula is C8H12N2O3. The Morgan fingerprint density at radius 3 is 2.77 bits per heavy atom. The van der Waals surface area contributed by atoms with Gasteiger partial charge in [0, 0.05) is 19.9 Å². The van der Waals surface area contributed by atoms with E-state index in [1.807, 2.05) is 6.92 Å². The van der Waals surface area contributed by atoms with E-state index in [9.17, 15) is 9.59 Å². The number of nitrogens with zero attached hydrogens (tertiary/aromatic N) is 1. The van der Waals surface area contributed by atoms with Crippen molar-refractivity contribution in [2.75, 3.05) is 7.11 Å². The van der Waals surface area contributed by atoms with Crippen LogP contribution in [0.2, 0.25) is 0 Å². The Bertz CT molecular complexity index is 391. The van der Waals surface area contributed by atoms with Crippen LogP contribution in [0.5, 0.6) is 0 Å². The maximum absolute atomic E-state index is 11.1. The van der Waals surface area contributed by atoms with E-state index >= 15 is 0 Å². The molecule has 0 radical (unpaired) electrons. The highest BCUT2D eigenvalue weighted by atomic mass is 16.5. The summed E-state index contributed by atoms with van der Waals surface area (Å²) in [5, 5.41) is 0. The van der Waals surface area contributed by atoms with Crippen molar-refractivity contribution in [2.24, 2.45) is 0 Å². The van der Waals surface area contributed by atoms with Gasteiger partial charge in [0.1, 0.15) is 0 Å². The lowest BCUT2D eigenvalue weighted by atomic mass is 10.3. The Labute approximate surface area is 75.0 Å². The van der Waals surface area contributed by atoms with E-state index in [0.29, 0.717) is 12.1 Å². The molecule has 0 atom stereocenters. The van der Waals surface area contributed by atoms with Gasteiger partial charge in [0.2, 0.25) is 0 Å². The Balaban J connectivity index is 3.22. The molecule has 0 saturated heterocycles. The summed E-state index contributed by atoms with van der Waals surface area (Å²) >= 11 is 0. The lowest BCUT2D eigenvalue weighted by Crippen LogP contribution is -2.31. The number of hydrogen-bond donors (Lipinski definition) is 1. The molecule has 0 aliphatic carbocycles. The van der Waals surface area contributed by atoms with Crippen molar-refractivity contribution in [3.63, 3.8) is 0 Å². The highest BCUT2D eigenvalue weighted by molar-refractivity contribution is 5.02. The first kappa shape index (κ1) is 9.73. The summed E-state index contributed by atoms with van der Waals surface area (Å²) in [7, 11) is 1.50. The van der Waals surface area contributed by atoms with Crippen molar-refractivity contribution in [1.29, 1.82) is 0 Å². The van der Waals surface area contributed by atoms with E-state index < -0.39 is 0 Å². The van der Waals surface area contributed by atoms with Crippen LogP contribution < -0.4 is 11.2 Å². The van der Waals surface area contributed by atoms with Crippen molar-refractivity contribution >= 4 is 0 Å². The van der Waals surface area contributed by atoms with Gasteiger partial charge in [-0.3, -0.25) is 9.78 Å². The summed E-state index contributed by atoms with van der Waals surface area (Å²) in [6.45, 7) is 2.58. The fraction of sp³-hybridized carbons (Fsp3) is 0.500. The minimum Gasteiger partial charge on any atom is -0.380 e. The minimum atomic E-state index is -0.382. The topological polar surface area (TPSA) is 64.1 Å². The van der Waals surface area contributed by atoms with Crippen molar-refractivity contribution in [3.8, 4) is 0 Å². The van der Waals surface area contributed by atoms with Crippen LogP contribution in [0.15, 0.2) is 15.8 Å². The number of ether oxygens (including phenoxy) is 1. The molecule has 5 heteroatoms. The highest BCUT2D eigenvalue weighted by Gasteiger charge is 2.02. The van der Waals surface area contributed by atoms with E-state index in [2.05, 4.69) is 4.98 Å². The number of H-pyrrole nitrogens is 1. The van der Waals surface area contributed by atoms with E-state index in [1.165, 1.54) is 17.9 Å². The van der Waals surface area contributed by atoms with Crippen LogP contribution in [0.1, 0.15) is 12.5 Å². The van der Waals surface area contributed by atoms with Crippen molar-refractivity contribution < 1.29 is 4.74 Å². The van der Waals surface area contributed by atoms with Gasteiger partial charge in [-0.2, -0.15) is 0 Å². The van der Waals surface area contributed by atoms with E-state index in [-0.39, 0.29) is 17.9 Å². The Hall–Kier alpha value is -1.36. The first-order valence-electron chi connectivity index (χ1n) is 4.00. The molecule has 0 aromatic carbocycles. The number of aromatic nitrogens is 2. The second kappa shape index (κ2) is 4.04. The molecule has 0 saturated carbocycles. The van der Waals surface area contributed by atoms with Crippen LogP contribution in [0.4, 0.5) is 0 Å². The lowest BCUT2D eigenvalue weighted by molar-refractivity contribution is 0.183. The fourth-order valence-electron chi connectivity index (χ4n) is 1.05. The van der Waals surface area contributed by atoms with Gasteiger partial charge in [0.05, 0.1) is 12.2 Å². The fourth-order valence-corrected chi connectivity index (χ4v) is 1.05. The van der Waals surface area contributed by atoms with E-state index in [4.69, 9.17) is 4.74 Å². The third-order valence-electron chi connectivity index (χ3n) is 1.73. The maximum atomic E-state index is 11.1. The second-order valence-electron chi connectivity index (χ2n) is 2.63. The average molecular weight is 184 g/mol. The summed E-state index contributed by atoms with van der Waals surface area (Å²) in [4.78, 5) is 24.5. The predicted octanol–water partition coefficient (Wildman–Crippen LogP) is -0.297. The Kier molecular flexibility index (Phi) is 3.02. The molecular weight excluding hydrogens is 172 g/mol. The summed E-state index contributed by atoms with van der Waals surface area (Å²) < 4.78 is 6.24. The van der Waals surface area contributed by atoms with Crippen LogP contribution in [0, 0.1) is 0 Å². The van der Waals surface area contributed by atoms with E-state index in [1.54, 1.807) is 0 Å². The summed E-state index contributed by atoms with van der Waals surface area (Å²) in [6, 6.07) is 0. The van der Waals surface area contributed by atoms with Gasteiger partial charge in [-0.1, -0.05) is 0 Å². The zero-order chi connectivity index (χ0) is 9.84. The van der Waals surface area contributed by atoms with Crippen LogP contribution in [0.25, 0.3) is 0 Å². The number of rotatable bonds is 3. The first-order chi connectivity index (χ1) is 6.19. The lowest BCUT2D eigenvalue weighted by Gasteiger charge is -2.03. The molecule has 0 fully saturated rings. The molecule has 0 bridgehead atoms. The zero-order valence-electron chi connectivity index (χ0n) is 7.66. The van der Waals surface area contributed by atoms with Gasteiger partial charge in [0.15, 0.2) is 0 Å². The molecule has 1 N–H and O–H groups in total. The second-order valence-corrected chi connectivity index (χ2v) is 2.63. The number of aromatic amines is 1. The third kappa shape index (κ3) is 2.06. The first-order valence-corrected chi connectivity index (χ1v) is 4.00. The minimum absolute atomic E-state index is 0.218. The van der Waals surface area contributed by atoms with Gasteiger partial charge >= 0.3 is 5.69 Å². The molecule has 0 aliphatic heterocycles. The zero-order valence-corrected chi connectivity index (χ0v) is 7.66. The molecule has 0 unspecified atom stereocenters. The Morgan fingerprint density at radius 2 is 2.23 bits per heavy atom. The predicted molar refractivity (Wildman–Crippen MR) is 47.7 cm³/mol. The maximum Gasteiger partial charge on any atom is 0.328 e. The van der Waals surface area contributed by atoms with Gasteiger partial charge in [-0.15, -0.1) is 0 Å². The standard InChI is InChI=1S/C8H12N2O3/c1-3-10-4-6(5-13-2)7(11)9-8(10)12/h4H,3,5H2,1-2H3,(H,9,11,12). The van der Waals surface area contributed by atoms with Crippen molar-refractivity contribution in [1.82, 2.24) is 9.55 Å². The molecule has 5 nitrogen and oxygen atoms in total. The van der Waals surface area contributed by atoms with Crippen molar-refractivity contribution in [3.05, 3.63) is 32.6 Å². The molecule has 1 heterocycles. The summed E-state index contributed by atoms with van der Waals surface area (Å²) in [6.07, 6.45) is 1.52. The molecule has 1 aromatic heterocycles. The molecule has 1 rings (SSSR count). The van der Waals surface area contributed by atoms with Gasteiger partial charge in [-0.05, 0) is 6.92 Å². The van der Waals surface area contributed by atoms with Crippen molar-refractivity contribution in [2.45, 2.75) is 20.1 Å². The molecule has 1 aromatic rings. The Morgan fingerprint density at radius 1 is 1.54 bits per heavy atom. The molecule has 0 aliphatic rings. The van der Waals surface area contributed by atoms with Crippen LogP contribution >= 0.6 is 0 Å². The van der Waals surface area contributed by atoms with Gasteiger partial charge in [0.25, 0.3) is 5.56 Å². The monoisotopic (exact) mass is 184 g/mol. The van der Waals surface area contributed by atoms with Gasteiger partial charge in [-0.25, -0.2) is 4.79 Å². The quantitative estimate of drug-likeness (QED) is 0.701. The van der Waals surface area contributed by atoms with Crippen LogP contribution in [0.3, 0.4) is 0 Å². The number of methoxy groups -OCH3 is 1. The van der Waals surface area contributed by atoms with Crippen LogP contribution in [-0.2, 0) is 17.9 Å². The summed E-state index contributed by atoms with van der Waals surface area (Å²) in [5.41, 5.74) is -0.298. The smallest absolute Gasteiger partial charge is 0.328 e. The van der Waals surface area contributed by atoms with Crippen LogP contribution in [-0.4, -0.2) is 16.7 Å². The molecule has 0 amide bonds.